The highest BCUT2D eigenvalue weighted by Gasteiger charge is 2.26. The van der Waals surface area contributed by atoms with E-state index in [9.17, 15) is 9.59 Å². The molecule has 31 heavy (non-hydrogen) atoms. The van der Waals surface area contributed by atoms with Gasteiger partial charge in [0.15, 0.2) is 11.5 Å². The topological polar surface area (TPSA) is 71.1 Å². The number of esters is 2. The molecule has 0 amide bonds. The van der Waals surface area contributed by atoms with Crippen LogP contribution in [0.4, 0.5) is 0 Å². The predicted molar refractivity (Wildman–Crippen MR) is 118 cm³/mol. The van der Waals surface area contributed by atoms with Gasteiger partial charge in [-0.3, -0.25) is 0 Å². The van der Waals surface area contributed by atoms with Crippen molar-refractivity contribution in [3.05, 3.63) is 59.7 Å². The Hall–Kier alpha value is -3.32. The molecule has 0 saturated heterocycles. The molecule has 0 N–H and O–H groups in total. The fraction of sp³-hybridized carbons (Fsp3) is 0.250. The molecule has 0 unspecified atom stereocenters. The van der Waals surface area contributed by atoms with Gasteiger partial charge < -0.3 is 18.9 Å². The largest absolute Gasteiger partial charge is 0.485 e. The fourth-order valence-corrected chi connectivity index (χ4v) is 4.48. The van der Waals surface area contributed by atoms with Crippen LogP contribution in [-0.4, -0.2) is 38.4 Å². The van der Waals surface area contributed by atoms with Gasteiger partial charge in [0, 0.05) is 0 Å². The second-order valence-electron chi connectivity index (χ2n) is 6.71. The van der Waals surface area contributed by atoms with Crippen LogP contribution in [0.2, 0.25) is 0 Å². The van der Waals surface area contributed by atoms with Crippen molar-refractivity contribution in [3.8, 4) is 32.4 Å². The normalized spacial score (nSPS) is 12.3. The fourth-order valence-electron chi connectivity index (χ4n) is 3.27. The van der Waals surface area contributed by atoms with Crippen LogP contribution in [0.25, 0.3) is 20.9 Å². The first kappa shape index (κ1) is 20.9. The van der Waals surface area contributed by atoms with Crippen molar-refractivity contribution < 1.29 is 28.5 Å². The van der Waals surface area contributed by atoms with Gasteiger partial charge in [0.25, 0.3) is 0 Å². The van der Waals surface area contributed by atoms with Crippen LogP contribution >= 0.6 is 11.3 Å². The zero-order chi connectivity index (χ0) is 21.8. The number of benzene rings is 2. The van der Waals surface area contributed by atoms with E-state index in [1.54, 1.807) is 49.4 Å². The van der Waals surface area contributed by atoms with E-state index in [2.05, 4.69) is 0 Å². The highest BCUT2D eigenvalue weighted by Crippen LogP contribution is 2.53. The number of hydrogen-bond acceptors (Lipinski definition) is 7. The number of carbonyl (C=O) groups excluding carboxylic acids is 2. The minimum Gasteiger partial charge on any atom is -0.485 e. The van der Waals surface area contributed by atoms with Crippen LogP contribution in [0, 0.1) is 0 Å². The zero-order valence-electron chi connectivity index (χ0n) is 17.3. The second kappa shape index (κ2) is 9.22. The summed E-state index contributed by atoms with van der Waals surface area (Å²) in [4.78, 5) is 25.7. The number of ether oxygens (including phenoxy) is 4. The van der Waals surface area contributed by atoms with Gasteiger partial charge in [-0.15, -0.1) is 11.3 Å². The number of thiophene rings is 1. The summed E-state index contributed by atoms with van der Waals surface area (Å²) >= 11 is 1.55. The Labute approximate surface area is 184 Å². The van der Waals surface area contributed by atoms with Gasteiger partial charge in [-0.2, -0.15) is 0 Å². The SMILES string of the molecule is CCOC(=O)c1ccc(-c2sc(-c3ccc(C(=O)OCC)cc3)c3c2OCCO3)cc1. The molecule has 2 aromatic carbocycles. The van der Waals surface area contributed by atoms with Gasteiger partial charge >= 0.3 is 11.9 Å². The summed E-state index contributed by atoms with van der Waals surface area (Å²) < 4.78 is 22.0. The van der Waals surface area contributed by atoms with E-state index in [0.717, 1.165) is 20.9 Å². The van der Waals surface area contributed by atoms with Crippen molar-refractivity contribution in [2.24, 2.45) is 0 Å². The lowest BCUT2D eigenvalue weighted by atomic mass is 10.1. The number of hydrogen-bond donors (Lipinski definition) is 0. The highest BCUT2D eigenvalue weighted by atomic mass is 32.1. The highest BCUT2D eigenvalue weighted by molar-refractivity contribution is 7.19. The summed E-state index contributed by atoms with van der Waals surface area (Å²) in [5.74, 6) is 0.711. The Balaban J connectivity index is 1.69. The van der Waals surface area contributed by atoms with Crippen molar-refractivity contribution >= 4 is 23.3 Å². The van der Waals surface area contributed by atoms with Crippen LogP contribution in [0.1, 0.15) is 34.6 Å². The van der Waals surface area contributed by atoms with Crippen LogP contribution in [0.15, 0.2) is 48.5 Å². The van der Waals surface area contributed by atoms with E-state index in [1.807, 2.05) is 24.3 Å². The molecule has 1 aromatic heterocycles. The Morgan fingerprint density at radius 2 is 1.13 bits per heavy atom. The average Bonchev–Trinajstić information content (AvgIpc) is 3.19. The minimum absolute atomic E-state index is 0.336. The molecule has 1 aliphatic heterocycles. The van der Waals surface area contributed by atoms with E-state index >= 15 is 0 Å². The summed E-state index contributed by atoms with van der Waals surface area (Å²) in [6.07, 6.45) is 0. The van der Waals surface area contributed by atoms with E-state index < -0.39 is 0 Å². The lowest BCUT2D eigenvalue weighted by molar-refractivity contribution is 0.0517. The van der Waals surface area contributed by atoms with Gasteiger partial charge in [0.05, 0.1) is 34.1 Å². The molecule has 0 bridgehead atoms. The first-order valence-electron chi connectivity index (χ1n) is 10.1. The number of rotatable bonds is 6. The van der Waals surface area contributed by atoms with E-state index in [-0.39, 0.29) is 11.9 Å². The van der Waals surface area contributed by atoms with Crippen LogP contribution in [0.3, 0.4) is 0 Å². The zero-order valence-corrected chi connectivity index (χ0v) is 18.1. The van der Waals surface area contributed by atoms with Crippen molar-refractivity contribution in [1.29, 1.82) is 0 Å². The van der Waals surface area contributed by atoms with E-state index in [0.29, 0.717) is 49.1 Å². The molecule has 0 radical (unpaired) electrons. The average molecular weight is 439 g/mol. The molecule has 0 saturated carbocycles. The Bertz CT molecular complexity index is 997. The summed E-state index contributed by atoms with van der Waals surface area (Å²) in [7, 11) is 0. The van der Waals surface area contributed by atoms with E-state index in [1.165, 1.54) is 0 Å². The van der Waals surface area contributed by atoms with Gasteiger partial charge in [0.1, 0.15) is 13.2 Å². The molecular weight excluding hydrogens is 416 g/mol. The summed E-state index contributed by atoms with van der Waals surface area (Å²) in [5, 5.41) is 0. The standard InChI is InChI=1S/C24H22O6S/c1-3-27-23(25)17-9-5-15(6-10-17)21-19-20(30-14-13-29-19)22(31-21)16-7-11-18(12-8-16)24(26)28-4-2/h5-12H,3-4,13-14H2,1-2H3. The molecule has 7 heteroatoms. The Morgan fingerprint density at radius 3 is 1.48 bits per heavy atom. The molecule has 1 aliphatic rings. The van der Waals surface area contributed by atoms with Crippen LogP contribution in [0.5, 0.6) is 11.5 Å². The molecule has 0 atom stereocenters. The van der Waals surface area contributed by atoms with Crippen LogP contribution < -0.4 is 9.47 Å². The molecule has 0 spiro atoms. The third kappa shape index (κ3) is 4.27. The predicted octanol–water partition coefficient (Wildman–Crippen LogP) is 5.21. The number of fused-ring (bicyclic) bond motifs is 1. The Morgan fingerprint density at radius 1 is 0.742 bits per heavy atom. The summed E-state index contributed by atoms with van der Waals surface area (Å²) in [5.41, 5.74) is 2.86. The van der Waals surface area contributed by atoms with Gasteiger partial charge in [-0.1, -0.05) is 24.3 Å². The van der Waals surface area contributed by atoms with Crippen molar-refractivity contribution in [3.63, 3.8) is 0 Å². The first-order chi connectivity index (χ1) is 15.1. The molecule has 160 valence electrons. The summed E-state index contributed by atoms with van der Waals surface area (Å²) in [6.45, 7) is 5.17. The second-order valence-corrected chi connectivity index (χ2v) is 7.73. The molecule has 0 fully saturated rings. The van der Waals surface area contributed by atoms with Crippen LogP contribution in [-0.2, 0) is 9.47 Å². The van der Waals surface area contributed by atoms with Gasteiger partial charge in [-0.25, -0.2) is 9.59 Å². The third-order valence-electron chi connectivity index (χ3n) is 4.72. The van der Waals surface area contributed by atoms with Gasteiger partial charge in [0.2, 0.25) is 0 Å². The van der Waals surface area contributed by atoms with Gasteiger partial charge in [-0.05, 0) is 49.2 Å². The smallest absolute Gasteiger partial charge is 0.338 e. The molecular formula is C24H22O6S. The quantitative estimate of drug-likeness (QED) is 0.492. The molecule has 6 nitrogen and oxygen atoms in total. The number of carbonyl (C=O) groups is 2. The maximum Gasteiger partial charge on any atom is 0.338 e. The summed E-state index contributed by atoms with van der Waals surface area (Å²) in [6, 6.07) is 14.5. The van der Waals surface area contributed by atoms with Crippen molar-refractivity contribution in [2.75, 3.05) is 26.4 Å². The first-order valence-corrected chi connectivity index (χ1v) is 10.9. The van der Waals surface area contributed by atoms with Crippen molar-refractivity contribution in [2.45, 2.75) is 13.8 Å². The maximum absolute atomic E-state index is 11.9. The molecule has 3 aromatic rings. The minimum atomic E-state index is -0.343. The Kier molecular flexibility index (Phi) is 6.23. The third-order valence-corrected chi connectivity index (χ3v) is 5.97. The monoisotopic (exact) mass is 438 g/mol. The lowest BCUT2D eigenvalue weighted by Crippen LogP contribution is -2.14. The molecule has 0 aliphatic carbocycles. The van der Waals surface area contributed by atoms with E-state index in [4.69, 9.17) is 18.9 Å². The lowest BCUT2D eigenvalue weighted by Gasteiger charge is -2.17. The maximum atomic E-state index is 11.9. The molecule has 2 heterocycles. The van der Waals surface area contributed by atoms with Crippen molar-refractivity contribution in [1.82, 2.24) is 0 Å². The molecule has 4 rings (SSSR count).